The van der Waals surface area contributed by atoms with Gasteiger partial charge in [0.05, 0.1) is 43.0 Å². The van der Waals surface area contributed by atoms with Gasteiger partial charge in [0.25, 0.3) is 5.69 Å². The predicted octanol–water partition coefficient (Wildman–Crippen LogP) is 1.30. The Hall–Kier alpha value is -2.56. The first-order valence-electron chi connectivity index (χ1n) is 8.81. The number of hydrogen-bond donors (Lipinski definition) is 2. The smallest absolute Gasteiger partial charge is 0.294 e. The fourth-order valence-electron chi connectivity index (χ4n) is 3.10. The average Bonchev–Trinajstić information content (AvgIpc) is 2.64. The second-order valence-electron chi connectivity index (χ2n) is 6.88. The van der Waals surface area contributed by atoms with E-state index < -0.39 is 20.8 Å². The van der Waals surface area contributed by atoms with Gasteiger partial charge in [-0.15, -0.1) is 0 Å². The Bertz CT molecular complexity index is 1000. The summed E-state index contributed by atoms with van der Waals surface area (Å²) in [7, 11) is -1.81. The van der Waals surface area contributed by atoms with Crippen molar-refractivity contribution in [1.82, 2.24) is 4.31 Å². The molecule has 0 radical (unpaired) electrons. The zero-order valence-corrected chi connectivity index (χ0v) is 16.4. The van der Waals surface area contributed by atoms with E-state index in [2.05, 4.69) is 5.32 Å². The van der Waals surface area contributed by atoms with Crippen LogP contribution in [0.2, 0.25) is 0 Å². The van der Waals surface area contributed by atoms with E-state index in [0.717, 1.165) is 6.07 Å². The summed E-state index contributed by atoms with van der Waals surface area (Å²) >= 11 is 0. The normalized spacial score (nSPS) is 16.1. The topological polar surface area (TPSA) is 97.0 Å². The first-order chi connectivity index (χ1) is 13.2. The fourth-order valence-corrected chi connectivity index (χ4v) is 4.56. The van der Waals surface area contributed by atoms with Gasteiger partial charge in [0.15, 0.2) is 0 Å². The van der Waals surface area contributed by atoms with Crippen LogP contribution in [0.4, 0.5) is 21.5 Å². The first kappa shape index (κ1) is 20.2. The average molecular weight is 409 g/mol. The standard InChI is InChI=1S/C18H21FN4O4S/c1-13-11-14(19)3-5-16(13)20-17-6-4-15(12-18(17)23(24)25)28(26,27)22-9-7-21(2)8-10-22/h3-6,11-12,20H,7-10H2,1-2H3/p+1. The molecule has 0 bridgehead atoms. The second-order valence-corrected chi connectivity index (χ2v) is 8.82. The van der Waals surface area contributed by atoms with E-state index in [9.17, 15) is 22.9 Å². The van der Waals surface area contributed by atoms with Gasteiger partial charge in [-0.3, -0.25) is 10.1 Å². The molecule has 1 aliphatic heterocycles. The number of rotatable bonds is 5. The van der Waals surface area contributed by atoms with Crippen molar-refractivity contribution in [3.8, 4) is 0 Å². The summed E-state index contributed by atoms with van der Waals surface area (Å²) in [5.41, 5.74) is 0.860. The molecule has 0 unspecified atom stereocenters. The molecule has 2 N–H and O–H groups in total. The van der Waals surface area contributed by atoms with Crippen molar-refractivity contribution in [1.29, 1.82) is 0 Å². The number of quaternary nitrogens is 1. The van der Waals surface area contributed by atoms with Gasteiger partial charge in [-0.25, -0.2) is 12.8 Å². The molecular weight excluding hydrogens is 387 g/mol. The van der Waals surface area contributed by atoms with Gasteiger partial charge in [-0.1, -0.05) is 0 Å². The molecule has 1 aliphatic rings. The van der Waals surface area contributed by atoms with Gasteiger partial charge >= 0.3 is 0 Å². The SMILES string of the molecule is Cc1cc(F)ccc1Nc1ccc(S(=O)(=O)N2CC[NH+](C)CC2)cc1[N+](=O)[O-]. The molecule has 0 aliphatic carbocycles. The molecule has 2 aromatic carbocycles. The number of nitrogens with one attached hydrogen (secondary N) is 2. The van der Waals surface area contributed by atoms with Gasteiger partial charge in [0.2, 0.25) is 10.0 Å². The van der Waals surface area contributed by atoms with Crippen LogP contribution in [0.3, 0.4) is 0 Å². The maximum atomic E-state index is 13.3. The highest BCUT2D eigenvalue weighted by Crippen LogP contribution is 2.32. The third-order valence-electron chi connectivity index (χ3n) is 4.84. The van der Waals surface area contributed by atoms with E-state index in [1.165, 1.54) is 39.5 Å². The Balaban J connectivity index is 1.94. The number of nitrogens with zero attached hydrogens (tertiary/aromatic N) is 2. The van der Waals surface area contributed by atoms with E-state index in [-0.39, 0.29) is 16.3 Å². The predicted molar refractivity (Wildman–Crippen MR) is 103 cm³/mol. The lowest BCUT2D eigenvalue weighted by atomic mass is 10.2. The molecule has 1 fully saturated rings. The van der Waals surface area contributed by atoms with Crippen molar-refractivity contribution in [3.05, 3.63) is 57.9 Å². The molecular formula is C18H22FN4O4S+. The summed E-state index contributed by atoms with van der Waals surface area (Å²) in [6.07, 6.45) is 0. The summed E-state index contributed by atoms with van der Waals surface area (Å²) < 4.78 is 40.4. The summed E-state index contributed by atoms with van der Waals surface area (Å²) in [4.78, 5) is 12.0. The van der Waals surface area contributed by atoms with Crippen molar-refractivity contribution >= 4 is 27.1 Å². The number of nitro groups is 1. The van der Waals surface area contributed by atoms with Crippen molar-refractivity contribution in [3.63, 3.8) is 0 Å². The molecule has 8 nitrogen and oxygen atoms in total. The summed E-state index contributed by atoms with van der Waals surface area (Å²) in [6.45, 7) is 3.79. The number of nitro benzene ring substituents is 1. The molecule has 0 spiro atoms. The second kappa shape index (κ2) is 7.82. The van der Waals surface area contributed by atoms with Crippen LogP contribution in [0.1, 0.15) is 5.56 Å². The van der Waals surface area contributed by atoms with E-state index >= 15 is 0 Å². The Labute approximate surface area is 162 Å². The van der Waals surface area contributed by atoms with E-state index in [1.54, 1.807) is 6.92 Å². The lowest BCUT2D eigenvalue weighted by molar-refractivity contribution is -0.883. The van der Waals surface area contributed by atoms with E-state index in [4.69, 9.17) is 0 Å². The number of hydrogen-bond acceptors (Lipinski definition) is 5. The van der Waals surface area contributed by atoms with E-state index in [0.29, 0.717) is 37.4 Å². The highest BCUT2D eigenvalue weighted by Gasteiger charge is 2.31. The Morgan fingerprint density at radius 1 is 1.14 bits per heavy atom. The minimum absolute atomic E-state index is 0.111. The number of piperazine rings is 1. The minimum Gasteiger partial charge on any atom is -0.350 e. The Morgan fingerprint density at radius 3 is 2.39 bits per heavy atom. The molecule has 2 aromatic rings. The number of sulfonamides is 1. The minimum atomic E-state index is -3.81. The van der Waals surface area contributed by atoms with Crippen LogP contribution in [0.5, 0.6) is 0 Å². The summed E-state index contributed by atoms with van der Waals surface area (Å²) in [5, 5.41) is 14.4. The Kier molecular flexibility index (Phi) is 5.64. The number of benzene rings is 2. The lowest BCUT2D eigenvalue weighted by Crippen LogP contribution is -3.12. The molecule has 1 saturated heterocycles. The summed E-state index contributed by atoms with van der Waals surface area (Å²) in [6, 6.07) is 7.83. The van der Waals surface area contributed by atoms with E-state index in [1.807, 2.05) is 7.05 Å². The number of anilines is 2. The molecule has 0 aromatic heterocycles. The zero-order chi connectivity index (χ0) is 20.5. The van der Waals surface area contributed by atoms with Crippen LogP contribution in [0, 0.1) is 22.9 Å². The highest BCUT2D eigenvalue weighted by atomic mass is 32.2. The quantitative estimate of drug-likeness (QED) is 0.573. The van der Waals surface area contributed by atoms with Crippen molar-refractivity contribution in [2.45, 2.75) is 11.8 Å². The third-order valence-corrected chi connectivity index (χ3v) is 6.73. The molecule has 10 heteroatoms. The summed E-state index contributed by atoms with van der Waals surface area (Å²) in [5.74, 6) is -0.409. The molecule has 3 rings (SSSR count). The number of aryl methyl sites for hydroxylation is 1. The van der Waals surface area contributed by atoms with Crippen molar-refractivity contribution in [2.24, 2.45) is 0 Å². The number of likely N-dealkylation sites (N-methyl/N-ethyl adjacent to an activating group) is 1. The van der Waals surface area contributed by atoms with Gasteiger partial charge in [-0.2, -0.15) is 4.31 Å². The molecule has 0 atom stereocenters. The Morgan fingerprint density at radius 2 is 1.79 bits per heavy atom. The first-order valence-corrected chi connectivity index (χ1v) is 10.3. The van der Waals surface area contributed by atoms with Crippen molar-refractivity contribution < 1.29 is 22.6 Å². The molecule has 28 heavy (non-hydrogen) atoms. The van der Waals surface area contributed by atoms with Gasteiger partial charge < -0.3 is 10.2 Å². The van der Waals surface area contributed by atoms with Gasteiger partial charge in [-0.05, 0) is 42.8 Å². The molecule has 0 amide bonds. The largest absolute Gasteiger partial charge is 0.350 e. The van der Waals surface area contributed by atoms with Crippen LogP contribution in [0.15, 0.2) is 41.3 Å². The highest BCUT2D eigenvalue weighted by molar-refractivity contribution is 7.89. The zero-order valence-electron chi connectivity index (χ0n) is 15.6. The maximum absolute atomic E-state index is 13.3. The third kappa shape index (κ3) is 4.13. The van der Waals surface area contributed by atoms with Crippen LogP contribution < -0.4 is 10.2 Å². The number of halogens is 1. The maximum Gasteiger partial charge on any atom is 0.294 e. The molecule has 1 heterocycles. The van der Waals surface area contributed by atoms with Gasteiger partial charge in [0, 0.05) is 11.8 Å². The monoisotopic (exact) mass is 409 g/mol. The van der Waals surface area contributed by atoms with Crippen LogP contribution in [0.25, 0.3) is 0 Å². The van der Waals surface area contributed by atoms with Crippen LogP contribution >= 0.6 is 0 Å². The van der Waals surface area contributed by atoms with Crippen LogP contribution in [-0.4, -0.2) is 50.9 Å². The molecule has 0 saturated carbocycles. The van der Waals surface area contributed by atoms with Crippen molar-refractivity contribution in [2.75, 3.05) is 38.5 Å². The lowest BCUT2D eigenvalue weighted by Gasteiger charge is -2.29. The molecule has 150 valence electrons. The van der Waals surface area contributed by atoms with Crippen LogP contribution in [-0.2, 0) is 10.0 Å². The fraction of sp³-hybridized carbons (Fsp3) is 0.333. The van der Waals surface area contributed by atoms with Gasteiger partial charge in [0.1, 0.15) is 11.5 Å².